The van der Waals surface area contributed by atoms with Gasteiger partial charge in [-0.1, -0.05) is 42.6 Å². The number of carbonyl (C=O) groups excluding carboxylic acids is 2. The van der Waals surface area contributed by atoms with E-state index in [0.717, 1.165) is 50.3 Å². The third kappa shape index (κ3) is 6.01. The minimum absolute atomic E-state index is 0.0309. The summed E-state index contributed by atoms with van der Waals surface area (Å²) in [5, 5.41) is 0.690. The Labute approximate surface area is 242 Å². The molecule has 6 nitrogen and oxygen atoms in total. The van der Waals surface area contributed by atoms with Crippen molar-refractivity contribution < 1.29 is 18.7 Å². The highest BCUT2D eigenvalue weighted by Gasteiger charge is 2.48. The first-order valence-corrected chi connectivity index (χ1v) is 15.0. The number of carbonyl (C=O) groups is 2. The van der Waals surface area contributed by atoms with Crippen LogP contribution in [-0.4, -0.2) is 79.4 Å². The van der Waals surface area contributed by atoms with Crippen LogP contribution in [0.2, 0.25) is 5.02 Å². The molecule has 8 heteroatoms. The van der Waals surface area contributed by atoms with Crippen molar-refractivity contribution in [3.63, 3.8) is 0 Å². The predicted molar refractivity (Wildman–Crippen MR) is 155 cm³/mol. The van der Waals surface area contributed by atoms with Crippen LogP contribution in [0, 0.1) is 18.2 Å². The molecule has 216 valence electrons. The largest absolute Gasteiger partial charge is 0.493 e. The molecule has 3 aliphatic rings. The van der Waals surface area contributed by atoms with Crippen LogP contribution in [-0.2, 0) is 15.0 Å². The lowest BCUT2D eigenvalue weighted by atomic mass is 9.73. The van der Waals surface area contributed by atoms with Crippen molar-refractivity contribution in [2.75, 3.05) is 52.9 Å². The zero-order chi connectivity index (χ0) is 28.3. The molecule has 3 fully saturated rings. The number of hydrogen-bond acceptors (Lipinski definition) is 4. The minimum Gasteiger partial charge on any atom is -0.493 e. The van der Waals surface area contributed by atoms with Crippen LogP contribution < -0.4 is 4.74 Å². The van der Waals surface area contributed by atoms with E-state index in [1.807, 2.05) is 41.0 Å². The van der Waals surface area contributed by atoms with Crippen LogP contribution in [0.15, 0.2) is 42.5 Å². The topological polar surface area (TPSA) is 53.1 Å². The van der Waals surface area contributed by atoms with Crippen molar-refractivity contribution in [3.8, 4) is 5.75 Å². The van der Waals surface area contributed by atoms with E-state index in [9.17, 15) is 14.0 Å². The Bertz CT molecular complexity index is 1220. The minimum atomic E-state index is -0.793. The molecule has 0 radical (unpaired) electrons. The summed E-state index contributed by atoms with van der Waals surface area (Å²) in [5.41, 5.74) is 0.294. The van der Waals surface area contributed by atoms with Crippen molar-refractivity contribution in [3.05, 3.63) is 64.4 Å². The van der Waals surface area contributed by atoms with Crippen LogP contribution >= 0.6 is 11.6 Å². The lowest BCUT2D eigenvalue weighted by molar-refractivity contribution is -0.142. The third-order valence-corrected chi connectivity index (χ3v) is 9.85. The quantitative estimate of drug-likeness (QED) is 0.445. The Balaban J connectivity index is 1.32. The zero-order valence-electron chi connectivity index (χ0n) is 23.8. The van der Waals surface area contributed by atoms with Crippen LogP contribution in [0.3, 0.4) is 0 Å². The van der Waals surface area contributed by atoms with Gasteiger partial charge in [-0.25, -0.2) is 4.39 Å². The zero-order valence-corrected chi connectivity index (χ0v) is 24.5. The molecule has 0 spiro atoms. The highest BCUT2D eigenvalue weighted by Crippen LogP contribution is 2.45. The van der Waals surface area contributed by atoms with Gasteiger partial charge in [0.15, 0.2) is 0 Å². The van der Waals surface area contributed by atoms with Crippen molar-refractivity contribution in [1.29, 1.82) is 0 Å². The molecular weight excluding hydrogens is 529 g/mol. The number of hydrogen-bond donors (Lipinski definition) is 0. The molecule has 2 saturated heterocycles. The number of aryl methyl sites for hydroxylation is 1. The molecule has 40 heavy (non-hydrogen) atoms. The maximum atomic E-state index is 15.0. The van der Waals surface area contributed by atoms with Crippen molar-refractivity contribution >= 4 is 23.4 Å². The van der Waals surface area contributed by atoms with Gasteiger partial charge < -0.3 is 19.4 Å². The summed E-state index contributed by atoms with van der Waals surface area (Å²) in [7, 11) is 2.08. The number of amides is 2. The van der Waals surface area contributed by atoms with Gasteiger partial charge in [0.05, 0.1) is 12.0 Å². The molecule has 0 atom stereocenters. The summed E-state index contributed by atoms with van der Waals surface area (Å²) in [4.78, 5) is 33.7. The summed E-state index contributed by atoms with van der Waals surface area (Å²) in [6.45, 7) is 6.63. The van der Waals surface area contributed by atoms with Gasteiger partial charge in [-0.2, -0.15) is 0 Å². The Morgan fingerprint density at radius 2 is 1.60 bits per heavy atom. The SMILES string of the molecule is Cc1cc(OCC2(CC(=O)N3CCN(C)CC3)CCN(C(=O)C3(c4ccccc4F)CCCC3)CC2)ccc1Cl. The van der Waals surface area contributed by atoms with Crippen molar-refractivity contribution in [2.45, 2.75) is 57.3 Å². The standard InChI is InChI=1S/C32H41ClFN3O3/c1-24-21-25(9-10-27(24)33)40-23-31(22-29(38)36-19-17-35(2)18-20-36)13-15-37(16-14-31)30(39)32(11-5-6-12-32)26-7-3-4-8-28(26)34/h3-4,7-10,21H,5-6,11-20,22-23H2,1-2H3. The van der Waals surface area contributed by atoms with E-state index in [1.54, 1.807) is 12.1 Å². The molecule has 1 aliphatic carbocycles. The molecule has 1 saturated carbocycles. The molecule has 2 heterocycles. The van der Waals surface area contributed by atoms with Gasteiger partial charge >= 0.3 is 0 Å². The van der Waals surface area contributed by atoms with E-state index in [-0.39, 0.29) is 23.0 Å². The Hall–Kier alpha value is -2.64. The first kappa shape index (κ1) is 28.9. The normalized spacial score (nSPS) is 20.9. The summed E-state index contributed by atoms with van der Waals surface area (Å²) >= 11 is 6.22. The number of likely N-dealkylation sites (N-methyl/N-ethyl adjacent to an activating group) is 1. The maximum absolute atomic E-state index is 15.0. The smallest absolute Gasteiger partial charge is 0.233 e. The molecule has 0 bridgehead atoms. The van der Waals surface area contributed by atoms with E-state index >= 15 is 0 Å². The van der Waals surface area contributed by atoms with Gasteiger partial charge in [-0.15, -0.1) is 0 Å². The fraction of sp³-hybridized carbons (Fsp3) is 0.562. The predicted octanol–water partition coefficient (Wildman–Crippen LogP) is 5.45. The summed E-state index contributed by atoms with van der Waals surface area (Å²) < 4.78 is 21.3. The number of halogens is 2. The Morgan fingerprint density at radius 3 is 2.25 bits per heavy atom. The number of piperazine rings is 1. The van der Waals surface area contributed by atoms with Gasteiger partial charge in [-0.3, -0.25) is 9.59 Å². The first-order chi connectivity index (χ1) is 19.2. The van der Waals surface area contributed by atoms with E-state index in [4.69, 9.17) is 16.3 Å². The van der Waals surface area contributed by atoms with Gasteiger partial charge in [0, 0.05) is 61.7 Å². The average Bonchev–Trinajstić information content (AvgIpc) is 3.45. The third-order valence-electron chi connectivity index (χ3n) is 9.42. The second-order valence-electron chi connectivity index (χ2n) is 12.1. The molecule has 0 aromatic heterocycles. The average molecular weight is 570 g/mol. The Morgan fingerprint density at radius 1 is 0.925 bits per heavy atom. The lowest BCUT2D eigenvalue weighted by Crippen LogP contribution is -2.53. The molecule has 2 aromatic rings. The van der Waals surface area contributed by atoms with Crippen LogP contribution in [0.25, 0.3) is 0 Å². The number of ether oxygens (including phenoxy) is 1. The molecule has 2 aliphatic heterocycles. The molecule has 2 aromatic carbocycles. The van der Waals surface area contributed by atoms with Crippen LogP contribution in [0.1, 0.15) is 56.1 Å². The summed E-state index contributed by atoms with van der Waals surface area (Å²) in [6, 6.07) is 12.4. The van der Waals surface area contributed by atoms with E-state index in [1.165, 1.54) is 6.07 Å². The fourth-order valence-electron chi connectivity index (χ4n) is 6.72. The molecule has 5 rings (SSSR count). The van der Waals surface area contributed by atoms with Gasteiger partial charge in [0.1, 0.15) is 11.6 Å². The maximum Gasteiger partial charge on any atom is 0.233 e. The Kier molecular flexibility index (Phi) is 8.72. The second kappa shape index (κ2) is 12.1. The van der Waals surface area contributed by atoms with Crippen molar-refractivity contribution in [2.24, 2.45) is 5.41 Å². The second-order valence-corrected chi connectivity index (χ2v) is 12.5. The monoisotopic (exact) mass is 569 g/mol. The molecule has 0 unspecified atom stereocenters. The van der Waals surface area contributed by atoms with Gasteiger partial charge in [-0.05, 0) is 69.5 Å². The summed E-state index contributed by atoms with van der Waals surface area (Å²) in [6.07, 6.45) is 4.92. The molecule has 2 amide bonds. The van der Waals surface area contributed by atoms with Crippen LogP contribution in [0.5, 0.6) is 5.75 Å². The van der Waals surface area contributed by atoms with Crippen molar-refractivity contribution in [1.82, 2.24) is 14.7 Å². The molecule has 0 N–H and O–H groups in total. The number of rotatable bonds is 7. The number of benzene rings is 2. The first-order valence-electron chi connectivity index (χ1n) is 14.6. The number of nitrogens with zero attached hydrogens (tertiary/aromatic N) is 3. The van der Waals surface area contributed by atoms with E-state index < -0.39 is 5.41 Å². The summed E-state index contributed by atoms with van der Waals surface area (Å²) in [5.74, 6) is 0.621. The highest BCUT2D eigenvalue weighted by molar-refractivity contribution is 6.31. The lowest BCUT2D eigenvalue weighted by Gasteiger charge is -2.45. The van der Waals surface area contributed by atoms with E-state index in [2.05, 4.69) is 11.9 Å². The van der Waals surface area contributed by atoms with Crippen LogP contribution in [0.4, 0.5) is 4.39 Å². The van der Waals surface area contributed by atoms with E-state index in [0.29, 0.717) is 62.4 Å². The fourth-order valence-corrected chi connectivity index (χ4v) is 6.83. The molecular formula is C32H41ClFN3O3. The number of piperidine rings is 1. The van der Waals surface area contributed by atoms with Gasteiger partial charge in [0.25, 0.3) is 0 Å². The van der Waals surface area contributed by atoms with Gasteiger partial charge in [0.2, 0.25) is 11.8 Å². The number of likely N-dealkylation sites (tertiary alicyclic amines) is 1. The highest BCUT2D eigenvalue weighted by atomic mass is 35.5.